The summed E-state index contributed by atoms with van der Waals surface area (Å²) in [4.78, 5) is 16.7. The third-order valence-corrected chi connectivity index (χ3v) is 4.25. The van der Waals surface area contributed by atoms with Gasteiger partial charge in [-0.3, -0.25) is 9.69 Å². The number of hydrogen-bond donors (Lipinski definition) is 1. The Morgan fingerprint density at radius 1 is 1.26 bits per heavy atom. The molecule has 1 amide bonds. The van der Waals surface area contributed by atoms with Crippen LogP contribution in [0, 0.1) is 5.92 Å². The van der Waals surface area contributed by atoms with Gasteiger partial charge >= 0.3 is 0 Å². The van der Waals surface area contributed by atoms with E-state index in [1.807, 2.05) is 4.90 Å². The molecule has 8 heteroatoms. The number of methoxy groups -OCH3 is 1. The standard InChI is InChI=1S/C15H29N3O3.2ClH/c1-20-8-4-16-11-15(19)18-5-2-3-14(13-18)12-17-6-9-21-10-7-17;;/h14,16H,2-13H2,1H3;2*1H. The summed E-state index contributed by atoms with van der Waals surface area (Å²) < 4.78 is 10.4. The van der Waals surface area contributed by atoms with Crippen molar-refractivity contribution < 1.29 is 14.3 Å². The molecule has 2 aliphatic heterocycles. The molecule has 138 valence electrons. The predicted molar refractivity (Wildman–Crippen MR) is 95.8 cm³/mol. The van der Waals surface area contributed by atoms with Crippen LogP contribution in [0.5, 0.6) is 0 Å². The Morgan fingerprint density at radius 3 is 2.70 bits per heavy atom. The van der Waals surface area contributed by atoms with E-state index >= 15 is 0 Å². The van der Waals surface area contributed by atoms with Crippen molar-refractivity contribution in [2.24, 2.45) is 5.92 Å². The number of ether oxygens (including phenoxy) is 2. The van der Waals surface area contributed by atoms with Crippen molar-refractivity contribution >= 4 is 30.7 Å². The normalized spacial score (nSPS) is 22.1. The number of nitrogens with one attached hydrogen (secondary N) is 1. The molecule has 6 nitrogen and oxygen atoms in total. The van der Waals surface area contributed by atoms with E-state index in [2.05, 4.69) is 10.2 Å². The van der Waals surface area contributed by atoms with E-state index in [1.54, 1.807) is 7.11 Å². The van der Waals surface area contributed by atoms with Gasteiger partial charge in [0.15, 0.2) is 0 Å². The number of hydrogen-bond acceptors (Lipinski definition) is 5. The first-order valence-electron chi connectivity index (χ1n) is 8.07. The monoisotopic (exact) mass is 371 g/mol. The summed E-state index contributed by atoms with van der Waals surface area (Å²) in [6.45, 7) is 8.47. The second kappa shape index (κ2) is 13.2. The van der Waals surface area contributed by atoms with E-state index < -0.39 is 0 Å². The Morgan fingerprint density at radius 2 is 2.00 bits per heavy atom. The molecule has 2 saturated heterocycles. The minimum atomic E-state index is 0. The van der Waals surface area contributed by atoms with Gasteiger partial charge in [0.25, 0.3) is 0 Å². The number of likely N-dealkylation sites (tertiary alicyclic amines) is 1. The van der Waals surface area contributed by atoms with E-state index in [1.165, 1.54) is 6.42 Å². The average Bonchev–Trinajstić information content (AvgIpc) is 2.53. The van der Waals surface area contributed by atoms with E-state index in [0.717, 1.165) is 58.9 Å². The largest absolute Gasteiger partial charge is 0.383 e. The molecule has 2 rings (SSSR count). The lowest BCUT2D eigenvalue weighted by Gasteiger charge is -2.36. The highest BCUT2D eigenvalue weighted by molar-refractivity contribution is 5.85. The van der Waals surface area contributed by atoms with Gasteiger partial charge in [-0.15, -0.1) is 24.8 Å². The van der Waals surface area contributed by atoms with E-state index in [9.17, 15) is 4.79 Å². The van der Waals surface area contributed by atoms with Gasteiger partial charge in [-0.1, -0.05) is 0 Å². The van der Waals surface area contributed by atoms with Gasteiger partial charge in [-0.05, 0) is 18.8 Å². The number of carbonyl (C=O) groups is 1. The van der Waals surface area contributed by atoms with Crippen LogP contribution in [-0.2, 0) is 14.3 Å². The van der Waals surface area contributed by atoms with E-state index in [-0.39, 0.29) is 30.7 Å². The third-order valence-electron chi connectivity index (χ3n) is 4.25. The quantitative estimate of drug-likeness (QED) is 0.665. The van der Waals surface area contributed by atoms with E-state index in [4.69, 9.17) is 9.47 Å². The number of rotatable bonds is 7. The third kappa shape index (κ3) is 8.52. The smallest absolute Gasteiger partial charge is 0.236 e. The molecular weight excluding hydrogens is 341 g/mol. The summed E-state index contributed by atoms with van der Waals surface area (Å²) in [6, 6.07) is 0. The highest BCUT2D eigenvalue weighted by atomic mass is 35.5. The number of amides is 1. The zero-order chi connectivity index (χ0) is 14.9. The number of nitrogens with zero attached hydrogens (tertiary/aromatic N) is 2. The van der Waals surface area contributed by atoms with Crippen LogP contribution >= 0.6 is 24.8 Å². The lowest BCUT2D eigenvalue weighted by molar-refractivity contribution is -0.132. The summed E-state index contributed by atoms with van der Waals surface area (Å²) in [6.07, 6.45) is 2.36. The van der Waals surface area contributed by atoms with Crippen molar-refractivity contribution in [2.75, 3.05) is 72.7 Å². The SMILES string of the molecule is COCCNCC(=O)N1CCCC(CN2CCOCC2)C1.Cl.Cl. The molecule has 1 N–H and O–H groups in total. The van der Waals surface area contributed by atoms with Crippen LogP contribution in [0.2, 0.25) is 0 Å². The lowest BCUT2D eigenvalue weighted by Crippen LogP contribution is -2.48. The molecule has 23 heavy (non-hydrogen) atoms. The maximum Gasteiger partial charge on any atom is 0.236 e. The van der Waals surface area contributed by atoms with Gasteiger partial charge in [0.05, 0.1) is 26.4 Å². The van der Waals surface area contributed by atoms with Crippen molar-refractivity contribution in [3.8, 4) is 0 Å². The first kappa shape index (κ1) is 22.9. The Hall–Kier alpha value is -0.110. The summed E-state index contributed by atoms with van der Waals surface area (Å²) in [5.74, 6) is 0.831. The first-order valence-corrected chi connectivity index (χ1v) is 8.07. The second-order valence-electron chi connectivity index (χ2n) is 5.93. The maximum absolute atomic E-state index is 12.2. The topological polar surface area (TPSA) is 54.0 Å². The molecule has 0 spiro atoms. The molecule has 0 bridgehead atoms. The van der Waals surface area contributed by atoms with Crippen LogP contribution in [0.25, 0.3) is 0 Å². The van der Waals surface area contributed by atoms with Crippen LogP contribution in [0.4, 0.5) is 0 Å². The molecule has 0 saturated carbocycles. The van der Waals surface area contributed by atoms with Gasteiger partial charge in [0.1, 0.15) is 0 Å². The number of halogens is 2. The molecule has 0 aliphatic carbocycles. The van der Waals surface area contributed by atoms with Crippen molar-refractivity contribution in [2.45, 2.75) is 12.8 Å². The second-order valence-corrected chi connectivity index (χ2v) is 5.93. The summed E-state index contributed by atoms with van der Waals surface area (Å²) in [5, 5.41) is 3.14. The van der Waals surface area contributed by atoms with Crippen LogP contribution in [0.1, 0.15) is 12.8 Å². The predicted octanol–water partition coefficient (Wildman–Crippen LogP) is 0.637. The zero-order valence-corrected chi connectivity index (χ0v) is 15.6. The van der Waals surface area contributed by atoms with Crippen LogP contribution < -0.4 is 5.32 Å². The van der Waals surface area contributed by atoms with Gasteiger partial charge in [-0.25, -0.2) is 0 Å². The van der Waals surface area contributed by atoms with Crippen LogP contribution in [0.3, 0.4) is 0 Å². The van der Waals surface area contributed by atoms with Crippen LogP contribution in [0.15, 0.2) is 0 Å². The molecule has 2 heterocycles. The molecule has 2 fully saturated rings. The molecule has 1 atom stereocenters. The molecule has 1 unspecified atom stereocenters. The minimum Gasteiger partial charge on any atom is -0.383 e. The Kier molecular flexibility index (Phi) is 13.1. The van der Waals surface area contributed by atoms with Gasteiger partial charge < -0.3 is 19.7 Å². The first-order chi connectivity index (χ1) is 10.3. The van der Waals surface area contributed by atoms with Crippen molar-refractivity contribution in [1.29, 1.82) is 0 Å². The summed E-state index contributed by atoms with van der Waals surface area (Å²) >= 11 is 0. The number of carbonyl (C=O) groups excluding carboxylic acids is 1. The fourth-order valence-electron chi connectivity index (χ4n) is 3.07. The molecule has 0 aromatic heterocycles. The van der Waals surface area contributed by atoms with E-state index in [0.29, 0.717) is 19.1 Å². The molecular formula is C15H31Cl2N3O3. The Labute approximate surface area is 152 Å². The van der Waals surface area contributed by atoms with Gasteiger partial charge in [0.2, 0.25) is 5.91 Å². The highest BCUT2D eigenvalue weighted by Gasteiger charge is 2.25. The molecule has 0 aromatic rings. The zero-order valence-electron chi connectivity index (χ0n) is 14.0. The van der Waals surface area contributed by atoms with Crippen LogP contribution in [-0.4, -0.2) is 88.5 Å². The number of piperidine rings is 1. The van der Waals surface area contributed by atoms with Gasteiger partial charge in [0, 0.05) is 46.4 Å². The van der Waals surface area contributed by atoms with Gasteiger partial charge in [-0.2, -0.15) is 0 Å². The molecule has 2 aliphatic rings. The molecule has 0 radical (unpaired) electrons. The Balaban J connectivity index is 0.00000242. The Bertz CT molecular complexity index is 318. The minimum absolute atomic E-state index is 0. The summed E-state index contributed by atoms with van der Waals surface area (Å²) in [7, 11) is 1.67. The van der Waals surface area contributed by atoms with Crippen molar-refractivity contribution in [1.82, 2.24) is 15.1 Å². The fourth-order valence-corrected chi connectivity index (χ4v) is 3.07. The highest BCUT2D eigenvalue weighted by Crippen LogP contribution is 2.18. The molecule has 0 aromatic carbocycles. The van der Waals surface area contributed by atoms with Crippen molar-refractivity contribution in [3.05, 3.63) is 0 Å². The lowest BCUT2D eigenvalue weighted by atomic mass is 9.97. The fraction of sp³-hybridized carbons (Fsp3) is 0.933. The maximum atomic E-state index is 12.2. The number of morpholine rings is 1. The average molecular weight is 372 g/mol. The van der Waals surface area contributed by atoms with Crippen molar-refractivity contribution in [3.63, 3.8) is 0 Å². The summed E-state index contributed by atoms with van der Waals surface area (Å²) in [5.41, 5.74) is 0.